The SMILES string of the molecule is CS(=O)(=O)CCS(=O)(=O)c1ccc(Cl)c(C(=O)O)c1. The molecule has 0 saturated heterocycles. The molecule has 0 aliphatic heterocycles. The monoisotopic (exact) mass is 326 g/mol. The van der Waals surface area contributed by atoms with E-state index < -0.39 is 37.1 Å². The Morgan fingerprint density at radius 1 is 1.21 bits per heavy atom. The van der Waals surface area contributed by atoms with Crippen molar-refractivity contribution in [2.75, 3.05) is 17.8 Å². The lowest BCUT2D eigenvalue weighted by molar-refractivity contribution is 0.0697. The van der Waals surface area contributed by atoms with Crippen LogP contribution in [0.5, 0.6) is 0 Å². The quantitative estimate of drug-likeness (QED) is 0.860. The lowest BCUT2D eigenvalue weighted by atomic mass is 10.2. The molecule has 0 aromatic heterocycles. The second kappa shape index (κ2) is 5.48. The molecule has 0 unspecified atom stereocenters. The van der Waals surface area contributed by atoms with Crippen molar-refractivity contribution < 1.29 is 26.7 Å². The second-order valence-corrected chi connectivity index (χ2v) is 8.67. The Hall–Kier alpha value is -1.12. The Kier molecular flexibility index (Phi) is 4.59. The molecule has 0 atom stereocenters. The number of sulfone groups is 2. The number of rotatable bonds is 5. The van der Waals surface area contributed by atoms with Crippen molar-refractivity contribution in [3.05, 3.63) is 28.8 Å². The van der Waals surface area contributed by atoms with Gasteiger partial charge in [0.1, 0.15) is 9.84 Å². The van der Waals surface area contributed by atoms with Gasteiger partial charge in [0.15, 0.2) is 9.84 Å². The van der Waals surface area contributed by atoms with Crippen LogP contribution in [0.15, 0.2) is 23.1 Å². The normalized spacial score (nSPS) is 12.3. The van der Waals surface area contributed by atoms with Gasteiger partial charge in [0.2, 0.25) is 0 Å². The predicted molar refractivity (Wildman–Crippen MR) is 70.2 cm³/mol. The third-order valence-electron chi connectivity index (χ3n) is 2.25. The van der Waals surface area contributed by atoms with Crippen LogP contribution in [0.25, 0.3) is 0 Å². The summed E-state index contributed by atoms with van der Waals surface area (Å²) in [6.07, 6.45) is 0.924. The van der Waals surface area contributed by atoms with Crippen molar-refractivity contribution in [1.82, 2.24) is 0 Å². The molecule has 0 aliphatic carbocycles. The van der Waals surface area contributed by atoms with E-state index in [4.69, 9.17) is 16.7 Å². The van der Waals surface area contributed by atoms with Gasteiger partial charge in [-0.1, -0.05) is 11.6 Å². The van der Waals surface area contributed by atoms with Gasteiger partial charge in [0.05, 0.1) is 27.0 Å². The van der Waals surface area contributed by atoms with Gasteiger partial charge in [-0.25, -0.2) is 21.6 Å². The van der Waals surface area contributed by atoms with Crippen LogP contribution in [0.1, 0.15) is 10.4 Å². The molecule has 0 aliphatic rings. The number of halogens is 1. The maximum Gasteiger partial charge on any atom is 0.337 e. The van der Waals surface area contributed by atoms with Gasteiger partial charge in [-0.15, -0.1) is 0 Å². The zero-order valence-electron chi connectivity index (χ0n) is 9.83. The van der Waals surface area contributed by atoms with Gasteiger partial charge < -0.3 is 5.11 Å². The fourth-order valence-electron chi connectivity index (χ4n) is 1.24. The minimum Gasteiger partial charge on any atom is -0.478 e. The van der Waals surface area contributed by atoms with E-state index in [0.717, 1.165) is 24.5 Å². The molecule has 0 heterocycles. The third-order valence-corrected chi connectivity index (χ3v) is 5.50. The van der Waals surface area contributed by atoms with Crippen LogP contribution in [0.3, 0.4) is 0 Å². The largest absolute Gasteiger partial charge is 0.478 e. The number of hydrogen-bond acceptors (Lipinski definition) is 5. The van der Waals surface area contributed by atoms with Crippen molar-refractivity contribution in [3.63, 3.8) is 0 Å². The Balaban J connectivity index is 3.16. The highest BCUT2D eigenvalue weighted by molar-refractivity contribution is 7.94. The van der Waals surface area contributed by atoms with Crippen LogP contribution in [-0.4, -0.2) is 45.7 Å². The summed E-state index contributed by atoms with van der Waals surface area (Å²) in [5, 5.41) is 8.75. The maximum absolute atomic E-state index is 11.9. The number of hydrogen-bond donors (Lipinski definition) is 1. The molecule has 6 nitrogen and oxygen atoms in total. The lowest BCUT2D eigenvalue weighted by Crippen LogP contribution is -2.16. The highest BCUT2D eigenvalue weighted by Crippen LogP contribution is 2.21. The van der Waals surface area contributed by atoms with E-state index in [1.807, 2.05) is 0 Å². The number of carboxylic acids is 1. The summed E-state index contributed by atoms with van der Waals surface area (Å²) >= 11 is 5.62. The Bertz CT molecular complexity index is 706. The summed E-state index contributed by atoms with van der Waals surface area (Å²) in [6, 6.07) is 3.22. The summed E-state index contributed by atoms with van der Waals surface area (Å²) in [7, 11) is -7.29. The standard InChI is InChI=1S/C10H11ClO6S2/c1-18(14,15)4-5-19(16,17)7-2-3-9(11)8(6-7)10(12)13/h2-3,6H,4-5H2,1H3,(H,12,13). The number of benzene rings is 1. The minimum atomic E-state index is -3.87. The number of carboxylic acid groups (broad SMARTS) is 1. The second-order valence-electron chi connectivity index (χ2n) is 3.90. The van der Waals surface area contributed by atoms with E-state index in [2.05, 4.69) is 0 Å². The average molecular weight is 327 g/mol. The Morgan fingerprint density at radius 2 is 1.79 bits per heavy atom. The third kappa shape index (κ3) is 4.48. The van der Waals surface area contributed by atoms with E-state index in [9.17, 15) is 21.6 Å². The topological polar surface area (TPSA) is 106 Å². The van der Waals surface area contributed by atoms with Crippen molar-refractivity contribution in [2.24, 2.45) is 0 Å². The number of carbonyl (C=O) groups is 1. The molecule has 0 spiro atoms. The first-order valence-electron chi connectivity index (χ1n) is 4.96. The molecule has 106 valence electrons. The van der Waals surface area contributed by atoms with Gasteiger partial charge in [-0.3, -0.25) is 0 Å². The van der Waals surface area contributed by atoms with Crippen LogP contribution >= 0.6 is 11.6 Å². The van der Waals surface area contributed by atoms with Gasteiger partial charge in [0, 0.05) is 6.26 Å². The van der Waals surface area contributed by atoms with E-state index in [1.165, 1.54) is 0 Å². The molecule has 0 fully saturated rings. The summed E-state index contributed by atoms with van der Waals surface area (Å²) in [5.41, 5.74) is -0.345. The molecule has 0 amide bonds. The van der Waals surface area contributed by atoms with Gasteiger partial charge >= 0.3 is 5.97 Å². The zero-order chi connectivity index (χ0) is 14.8. The highest BCUT2D eigenvalue weighted by atomic mass is 35.5. The Morgan fingerprint density at radius 3 is 2.26 bits per heavy atom. The first-order chi connectivity index (χ1) is 8.53. The predicted octanol–water partition coefficient (Wildman–Crippen LogP) is 0.856. The molecule has 9 heteroatoms. The molecule has 1 aromatic carbocycles. The smallest absolute Gasteiger partial charge is 0.337 e. The van der Waals surface area contributed by atoms with Gasteiger partial charge in [0.25, 0.3) is 0 Å². The van der Waals surface area contributed by atoms with Crippen LogP contribution in [0.4, 0.5) is 0 Å². The summed E-state index contributed by atoms with van der Waals surface area (Å²) in [6.45, 7) is 0. The molecule has 1 rings (SSSR count). The maximum atomic E-state index is 11.9. The average Bonchev–Trinajstić information content (AvgIpc) is 2.25. The zero-order valence-corrected chi connectivity index (χ0v) is 12.2. The fraction of sp³-hybridized carbons (Fsp3) is 0.300. The highest BCUT2D eigenvalue weighted by Gasteiger charge is 2.20. The first kappa shape index (κ1) is 15.9. The minimum absolute atomic E-state index is 0.0884. The molecule has 0 bridgehead atoms. The van der Waals surface area contributed by atoms with Crippen molar-refractivity contribution >= 4 is 37.2 Å². The molecular weight excluding hydrogens is 316 g/mol. The summed E-state index contributed by atoms with van der Waals surface area (Å²) in [4.78, 5) is 10.6. The molecule has 19 heavy (non-hydrogen) atoms. The van der Waals surface area contributed by atoms with Crippen molar-refractivity contribution in [1.29, 1.82) is 0 Å². The molecular formula is C10H11ClO6S2. The summed E-state index contributed by atoms with van der Waals surface area (Å²) in [5.74, 6) is -2.49. The van der Waals surface area contributed by atoms with Crippen molar-refractivity contribution in [2.45, 2.75) is 4.90 Å². The van der Waals surface area contributed by atoms with Crippen LogP contribution in [0.2, 0.25) is 5.02 Å². The van der Waals surface area contributed by atoms with E-state index >= 15 is 0 Å². The molecule has 0 radical (unpaired) electrons. The van der Waals surface area contributed by atoms with Gasteiger partial charge in [-0.05, 0) is 18.2 Å². The van der Waals surface area contributed by atoms with E-state index in [0.29, 0.717) is 0 Å². The Labute approximate surface area is 115 Å². The number of aromatic carboxylic acids is 1. The molecule has 1 N–H and O–H groups in total. The van der Waals surface area contributed by atoms with E-state index in [-0.39, 0.29) is 15.5 Å². The first-order valence-corrected chi connectivity index (χ1v) is 9.05. The van der Waals surface area contributed by atoms with E-state index in [1.54, 1.807) is 0 Å². The molecule has 0 saturated carbocycles. The lowest BCUT2D eigenvalue weighted by Gasteiger charge is -2.06. The van der Waals surface area contributed by atoms with Crippen LogP contribution < -0.4 is 0 Å². The summed E-state index contributed by atoms with van der Waals surface area (Å²) < 4.78 is 45.6. The van der Waals surface area contributed by atoms with Crippen LogP contribution in [-0.2, 0) is 19.7 Å². The van der Waals surface area contributed by atoms with Crippen LogP contribution in [0, 0.1) is 0 Å². The van der Waals surface area contributed by atoms with Gasteiger partial charge in [-0.2, -0.15) is 0 Å². The fourth-order valence-corrected chi connectivity index (χ4v) is 4.34. The molecule has 1 aromatic rings. The van der Waals surface area contributed by atoms with Crippen molar-refractivity contribution in [3.8, 4) is 0 Å².